The maximum absolute atomic E-state index is 13.2. The quantitative estimate of drug-likeness (QED) is 0.0313. The first-order valence-corrected chi connectivity index (χ1v) is 22.7. The predicted molar refractivity (Wildman–Crippen MR) is 218 cm³/mol. The smallest absolute Gasteiger partial charge is 0.340 e. The molecule has 0 radical (unpaired) electrons. The molecule has 0 aliphatic rings. The average molecular weight is 931 g/mol. The lowest BCUT2D eigenvalue weighted by molar-refractivity contribution is 0.0448. The zero-order valence-electron chi connectivity index (χ0n) is 30.4. The van der Waals surface area contributed by atoms with Crippen LogP contribution in [0, 0.1) is 0 Å². The lowest BCUT2D eigenvalue weighted by atomic mass is 10.0. The maximum atomic E-state index is 13.2. The van der Waals surface area contributed by atoms with Crippen LogP contribution in [0.5, 0.6) is 0 Å². The molecule has 48 heavy (non-hydrogen) atoms. The molecule has 1 aromatic carbocycles. The lowest BCUT2D eigenvalue weighted by Crippen LogP contribution is -2.17. The monoisotopic (exact) mass is 926 g/mol. The second-order valence-electron chi connectivity index (χ2n) is 13.5. The molecule has 1 aromatic rings. The molecule has 0 atom stereocenters. The van der Waals surface area contributed by atoms with E-state index >= 15 is 0 Å². The summed E-state index contributed by atoms with van der Waals surface area (Å²) in [7, 11) is 0. The summed E-state index contributed by atoms with van der Waals surface area (Å²) in [5.41, 5.74) is 0.376. The van der Waals surface area contributed by atoms with Crippen molar-refractivity contribution in [2.75, 3.05) is 13.2 Å². The lowest BCUT2D eigenvalue weighted by Gasteiger charge is -2.16. The summed E-state index contributed by atoms with van der Waals surface area (Å²) in [6, 6.07) is 0. The van der Waals surface area contributed by atoms with Crippen LogP contribution in [0.3, 0.4) is 0 Å². The highest BCUT2D eigenvalue weighted by molar-refractivity contribution is 9.15. The normalized spacial score (nSPS) is 11.3. The van der Waals surface area contributed by atoms with E-state index in [9.17, 15) is 9.59 Å². The van der Waals surface area contributed by atoms with E-state index in [4.69, 9.17) is 9.47 Å². The van der Waals surface area contributed by atoms with Crippen molar-refractivity contribution in [1.82, 2.24) is 0 Å². The SMILES string of the molecule is CCCCCCCCCCCCCCCCOC(=O)c1c(Br)c(Br)c(Br)c(Br)c1C(=O)OCCCCCCCCCCCCCCCC. The summed E-state index contributed by atoms with van der Waals surface area (Å²) in [5.74, 6) is -1.04. The molecular weight excluding hydrogens is 864 g/mol. The Morgan fingerprint density at radius 2 is 0.562 bits per heavy atom. The van der Waals surface area contributed by atoms with Crippen molar-refractivity contribution < 1.29 is 19.1 Å². The molecule has 0 saturated heterocycles. The van der Waals surface area contributed by atoms with Crippen LogP contribution in [0.2, 0.25) is 0 Å². The number of carbonyl (C=O) groups excluding carboxylic acids is 2. The van der Waals surface area contributed by atoms with Gasteiger partial charge in [-0.25, -0.2) is 9.59 Å². The summed E-state index contributed by atoms with van der Waals surface area (Å²) in [6.07, 6.45) is 35.7. The minimum Gasteiger partial charge on any atom is -0.462 e. The highest BCUT2D eigenvalue weighted by Crippen LogP contribution is 2.42. The first-order valence-electron chi connectivity index (χ1n) is 19.6. The Morgan fingerprint density at radius 3 is 0.792 bits per heavy atom. The molecule has 8 heteroatoms. The second kappa shape index (κ2) is 31.8. The maximum Gasteiger partial charge on any atom is 0.340 e. The highest BCUT2D eigenvalue weighted by Gasteiger charge is 2.30. The number of ether oxygens (including phenoxy) is 2. The molecule has 0 spiro atoms. The van der Waals surface area contributed by atoms with E-state index in [1.807, 2.05) is 0 Å². The van der Waals surface area contributed by atoms with Gasteiger partial charge in [0, 0.05) is 17.9 Å². The zero-order chi connectivity index (χ0) is 35.2. The fourth-order valence-corrected chi connectivity index (χ4v) is 8.52. The van der Waals surface area contributed by atoms with Gasteiger partial charge in [-0.3, -0.25) is 0 Å². The third-order valence-electron chi connectivity index (χ3n) is 9.14. The van der Waals surface area contributed by atoms with E-state index in [1.54, 1.807) is 0 Å². The summed E-state index contributed by atoms with van der Waals surface area (Å²) < 4.78 is 13.5. The fourth-order valence-electron chi connectivity index (χ4n) is 6.08. The summed E-state index contributed by atoms with van der Waals surface area (Å²) in [4.78, 5) is 26.5. The molecule has 0 aliphatic heterocycles. The Hall–Kier alpha value is 0.0800. The Morgan fingerprint density at radius 1 is 0.354 bits per heavy atom. The molecule has 0 fully saturated rings. The van der Waals surface area contributed by atoms with Crippen molar-refractivity contribution in [3.63, 3.8) is 0 Å². The van der Waals surface area contributed by atoms with Crippen LogP contribution in [-0.4, -0.2) is 25.2 Å². The van der Waals surface area contributed by atoms with Crippen LogP contribution >= 0.6 is 63.7 Å². The van der Waals surface area contributed by atoms with Gasteiger partial charge in [-0.05, 0) is 76.6 Å². The van der Waals surface area contributed by atoms with Crippen molar-refractivity contribution in [3.8, 4) is 0 Å². The Balaban J connectivity index is 2.31. The Labute approximate surface area is 328 Å². The highest BCUT2D eigenvalue weighted by atomic mass is 79.9. The van der Waals surface area contributed by atoms with Crippen molar-refractivity contribution in [2.24, 2.45) is 0 Å². The molecule has 0 aromatic heterocycles. The van der Waals surface area contributed by atoms with Crippen molar-refractivity contribution >= 4 is 75.7 Å². The van der Waals surface area contributed by atoms with Gasteiger partial charge < -0.3 is 9.47 Å². The number of rotatable bonds is 32. The minimum atomic E-state index is -0.520. The first kappa shape index (κ1) is 46.1. The van der Waals surface area contributed by atoms with Gasteiger partial charge in [-0.15, -0.1) is 0 Å². The third kappa shape index (κ3) is 21.4. The number of esters is 2. The average Bonchev–Trinajstić information content (AvgIpc) is 3.08. The van der Waals surface area contributed by atoms with Crippen molar-refractivity contribution in [3.05, 3.63) is 29.0 Å². The van der Waals surface area contributed by atoms with Crippen molar-refractivity contribution in [1.29, 1.82) is 0 Å². The Bertz CT molecular complexity index is 908. The number of hydrogen-bond donors (Lipinski definition) is 0. The molecule has 0 saturated carbocycles. The standard InChI is InChI=1S/C40H66Br4O4/c1-3-5-7-9-11-13-15-17-19-21-23-25-27-29-31-47-39(45)33-34(36(42)38(44)37(43)35(33)41)40(46)48-32-30-28-26-24-22-20-18-16-14-12-10-8-6-4-2/h3-32H2,1-2H3. The molecule has 4 nitrogen and oxygen atoms in total. The van der Waals surface area contributed by atoms with Crippen LogP contribution in [0.1, 0.15) is 214 Å². The van der Waals surface area contributed by atoms with E-state index in [0.29, 0.717) is 31.1 Å². The van der Waals surface area contributed by atoms with Gasteiger partial charge in [0.05, 0.1) is 24.3 Å². The molecule has 278 valence electrons. The minimum absolute atomic E-state index is 0.188. The summed E-state index contributed by atoms with van der Waals surface area (Å²) >= 11 is 14.1. The number of hydrogen-bond acceptors (Lipinski definition) is 4. The fraction of sp³-hybridized carbons (Fsp3) is 0.800. The van der Waals surface area contributed by atoms with Crippen LogP contribution in [0.4, 0.5) is 0 Å². The van der Waals surface area contributed by atoms with Crippen molar-refractivity contribution in [2.45, 2.75) is 194 Å². The molecule has 0 heterocycles. The van der Waals surface area contributed by atoms with E-state index in [0.717, 1.165) is 38.5 Å². The molecule has 1 rings (SSSR count). The van der Waals surface area contributed by atoms with Gasteiger partial charge in [-0.1, -0.05) is 181 Å². The van der Waals surface area contributed by atoms with E-state index in [-0.39, 0.29) is 11.1 Å². The molecule has 0 bridgehead atoms. The summed E-state index contributed by atoms with van der Waals surface area (Å²) in [6.45, 7) is 5.21. The summed E-state index contributed by atoms with van der Waals surface area (Å²) in [5, 5.41) is 0. The van der Waals surface area contributed by atoms with Gasteiger partial charge in [0.1, 0.15) is 0 Å². The number of carbonyl (C=O) groups is 2. The zero-order valence-corrected chi connectivity index (χ0v) is 36.7. The third-order valence-corrected chi connectivity index (χ3v) is 13.9. The van der Waals surface area contributed by atoms with Gasteiger partial charge in [0.2, 0.25) is 0 Å². The number of benzene rings is 1. The molecular formula is C40H66Br4O4. The Kier molecular flexibility index (Phi) is 30.5. The molecule has 0 unspecified atom stereocenters. The second-order valence-corrected chi connectivity index (χ2v) is 16.6. The van der Waals surface area contributed by atoms with Crippen LogP contribution in [0.15, 0.2) is 17.9 Å². The van der Waals surface area contributed by atoms with Crippen LogP contribution < -0.4 is 0 Å². The molecule has 0 amide bonds. The number of unbranched alkanes of at least 4 members (excludes halogenated alkanes) is 26. The van der Waals surface area contributed by atoms with Crippen LogP contribution in [0.25, 0.3) is 0 Å². The van der Waals surface area contributed by atoms with Gasteiger partial charge in [0.25, 0.3) is 0 Å². The van der Waals surface area contributed by atoms with E-state index < -0.39 is 11.9 Å². The van der Waals surface area contributed by atoms with Crippen LogP contribution in [-0.2, 0) is 9.47 Å². The topological polar surface area (TPSA) is 52.6 Å². The largest absolute Gasteiger partial charge is 0.462 e. The van der Waals surface area contributed by atoms with Gasteiger partial charge in [-0.2, -0.15) is 0 Å². The van der Waals surface area contributed by atoms with E-state index in [1.165, 1.54) is 141 Å². The van der Waals surface area contributed by atoms with Gasteiger partial charge >= 0.3 is 11.9 Å². The predicted octanol–water partition coefficient (Wildman–Crippen LogP) is 16.0. The van der Waals surface area contributed by atoms with Gasteiger partial charge in [0.15, 0.2) is 0 Å². The molecule has 0 aliphatic carbocycles. The van der Waals surface area contributed by atoms with E-state index in [2.05, 4.69) is 77.6 Å². The number of halogens is 4. The molecule has 0 N–H and O–H groups in total. The first-order chi connectivity index (χ1) is 23.4.